The standard InChI is InChI=1S/C18H24N4O3S2/c1-4-22(5-2)27(24,25)14-8-6-13(7-9-14)17(23)20-18-19-15-10-11-21(3)12-16(15)26-18/h6-9H,4-5,10-12H2,1-3H3,(H,19,20,23). The van der Waals surface area contributed by atoms with E-state index in [2.05, 4.69) is 22.2 Å². The third-order valence-corrected chi connectivity index (χ3v) is 7.66. The Morgan fingerprint density at radius 1 is 1.26 bits per heavy atom. The molecule has 0 unspecified atom stereocenters. The molecule has 1 aromatic carbocycles. The van der Waals surface area contributed by atoms with E-state index in [4.69, 9.17) is 0 Å². The summed E-state index contributed by atoms with van der Waals surface area (Å²) < 4.78 is 26.4. The molecule has 2 heterocycles. The third kappa shape index (κ3) is 4.21. The van der Waals surface area contributed by atoms with Gasteiger partial charge in [0.25, 0.3) is 5.91 Å². The van der Waals surface area contributed by atoms with Gasteiger partial charge in [0.15, 0.2) is 5.13 Å². The molecule has 0 fully saturated rings. The van der Waals surface area contributed by atoms with Gasteiger partial charge in [-0.15, -0.1) is 11.3 Å². The highest BCUT2D eigenvalue weighted by atomic mass is 32.2. The van der Waals surface area contributed by atoms with Gasteiger partial charge in [0.05, 0.1) is 10.6 Å². The summed E-state index contributed by atoms with van der Waals surface area (Å²) in [5.74, 6) is -0.291. The number of sulfonamides is 1. The molecule has 7 nitrogen and oxygen atoms in total. The minimum Gasteiger partial charge on any atom is -0.301 e. The molecule has 27 heavy (non-hydrogen) atoms. The molecule has 0 spiro atoms. The van der Waals surface area contributed by atoms with Crippen LogP contribution in [0.5, 0.6) is 0 Å². The first-order chi connectivity index (χ1) is 12.8. The summed E-state index contributed by atoms with van der Waals surface area (Å²) in [6.07, 6.45) is 0.885. The molecule has 9 heteroatoms. The van der Waals surface area contributed by atoms with Gasteiger partial charge >= 0.3 is 0 Å². The van der Waals surface area contributed by atoms with Crippen LogP contribution in [0.1, 0.15) is 34.8 Å². The number of aromatic nitrogens is 1. The van der Waals surface area contributed by atoms with E-state index < -0.39 is 10.0 Å². The van der Waals surface area contributed by atoms with E-state index in [0.29, 0.717) is 23.8 Å². The van der Waals surface area contributed by atoms with Crippen molar-refractivity contribution >= 4 is 32.4 Å². The van der Waals surface area contributed by atoms with Gasteiger partial charge in [0.2, 0.25) is 10.0 Å². The number of anilines is 1. The Hall–Kier alpha value is -1.81. The van der Waals surface area contributed by atoms with Crippen LogP contribution in [0.25, 0.3) is 0 Å². The second-order valence-electron chi connectivity index (χ2n) is 6.44. The molecule has 1 aliphatic heterocycles. The molecule has 1 amide bonds. The summed E-state index contributed by atoms with van der Waals surface area (Å²) in [4.78, 5) is 20.6. The number of likely N-dealkylation sites (N-methyl/N-ethyl adjacent to an activating group) is 1. The van der Waals surface area contributed by atoms with Crippen molar-refractivity contribution in [2.45, 2.75) is 31.7 Å². The van der Waals surface area contributed by atoms with Gasteiger partial charge in [0.1, 0.15) is 0 Å². The van der Waals surface area contributed by atoms with Gasteiger partial charge in [-0.1, -0.05) is 13.8 Å². The maximum absolute atomic E-state index is 12.5. The lowest BCUT2D eigenvalue weighted by Gasteiger charge is -2.20. The van der Waals surface area contributed by atoms with Crippen molar-refractivity contribution in [1.82, 2.24) is 14.2 Å². The Kier molecular flexibility index (Phi) is 5.95. The van der Waals surface area contributed by atoms with Crippen LogP contribution in [0.4, 0.5) is 5.13 Å². The number of hydrogen-bond donors (Lipinski definition) is 1. The van der Waals surface area contributed by atoms with E-state index in [0.717, 1.165) is 25.2 Å². The van der Waals surface area contributed by atoms with Crippen molar-refractivity contribution in [3.8, 4) is 0 Å². The van der Waals surface area contributed by atoms with Gasteiger partial charge < -0.3 is 4.90 Å². The zero-order chi connectivity index (χ0) is 19.6. The number of rotatable bonds is 6. The van der Waals surface area contributed by atoms with Gasteiger partial charge in [-0.3, -0.25) is 10.1 Å². The van der Waals surface area contributed by atoms with Crippen molar-refractivity contribution in [1.29, 1.82) is 0 Å². The third-order valence-electron chi connectivity index (χ3n) is 4.60. The van der Waals surface area contributed by atoms with Crippen molar-refractivity contribution < 1.29 is 13.2 Å². The Labute approximate surface area is 164 Å². The van der Waals surface area contributed by atoms with Crippen LogP contribution < -0.4 is 5.32 Å². The van der Waals surface area contributed by atoms with Crippen LogP contribution >= 0.6 is 11.3 Å². The predicted octanol–water partition coefficient (Wildman–Crippen LogP) is 2.41. The Balaban J connectivity index is 1.73. The van der Waals surface area contributed by atoms with Crippen molar-refractivity contribution in [2.24, 2.45) is 0 Å². The number of benzene rings is 1. The molecule has 146 valence electrons. The number of carbonyl (C=O) groups excluding carboxylic acids is 1. The molecule has 1 aromatic heterocycles. The van der Waals surface area contributed by atoms with E-state index in [1.807, 2.05) is 0 Å². The molecule has 0 radical (unpaired) electrons. The molecule has 0 aliphatic carbocycles. The minimum absolute atomic E-state index is 0.190. The van der Waals surface area contributed by atoms with E-state index in [9.17, 15) is 13.2 Å². The highest BCUT2D eigenvalue weighted by Crippen LogP contribution is 2.28. The number of carbonyl (C=O) groups is 1. The van der Waals surface area contributed by atoms with Crippen molar-refractivity contribution in [3.63, 3.8) is 0 Å². The topological polar surface area (TPSA) is 82.6 Å². The number of fused-ring (bicyclic) bond motifs is 1. The van der Waals surface area contributed by atoms with E-state index in [-0.39, 0.29) is 10.8 Å². The predicted molar refractivity (Wildman–Crippen MR) is 107 cm³/mol. The lowest BCUT2D eigenvalue weighted by molar-refractivity contribution is 0.102. The number of thiazole rings is 1. The fourth-order valence-corrected chi connectivity index (χ4v) is 5.58. The molecule has 2 aromatic rings. The number of hydrogen-bond acceptors (Lipinski definition) is 6. The largest absolute Gasteiger partial charge is 0.301 e. The normalized spacial score (nSPS) is 15.0. The number of nitrogens with zero attached hydrogens (tertiary/aromatic N) is 3. The molecule has 1 aliphatic rings. The highest BCUT2D eigenvalue weighted by Gasteiger charge is 2.22. The van der Waals surface area contributed by atoms with Gasteiger partial charge in [0, 0.05) is 43.0 Å². The van der Waals surface area contributed by atoms with Crippen LogP contribution in [0, 0.1) is 0 Å². The first-order valence-electron chi connectivity index (χ1n) is 8.93. The van der Waals surface area contributed by atoms with Crippen LogP contribution in [0.2, 0.25) is 0 Å². The summed E-state index contributed by atoms with van der Waals surface area (Å²) in [5.41, 5.74) is 1.45. The molecular formula is C18H24N4O3S2. The zero-order valence-electron chi connectivity index (χ0n) is 15.7. The summed E-state index contributed by atoms with van der Waals surface area (Å²) in [6, 6.07) is 6.02. The smallest absolute Gasteiger partial charge is 0.257 e. The quantitative estimate of drug-likeness (QED) is 0.794. The molecule has 0 atom stereocenters. The Morgan fingerprint density at radius 3 is 2.56 bits per heavy atom. The fraction of sp³-hybridized carbons (Fsp3) is 0.444. The SMILES string of the molecule is CCN(CC)S(=O)(=O)c1ccc(C(=O)Nc2nc3c(s2)CN(C)CC3)cc1. The molecule has 0 saturated carbocycles. The summed E-state index contributed by atoms with van der Waals surface area (Å²) >= 11 is 1.49. The van der Waals surface area contributed by atoms with Crippen LogP contribution in [-0.2, 0) is 23.0 Å². The summed E-state index contributed by atoms with van der Waals surface area (Å²) in [5, 5.41) is 3.41. The summed E-state index contributed by atoms with van der Waals surface area (Å²) in [7, 11) is -1.46. The second-order valence-corrected chi connectivity index (χ2v) is 9.47. The van der Waals surface area contributed by atoms with Gasteiger partial charge in [-0.05, 0) is 31.3 Å². The minimum atomic E-state index is -3.52. The number of nitrogens with one attached hydrogen (secondary N) is 1. The monoisotopic (exact) mass is 408 g/mol. The lowest BCUT2D eigenvalue weighted by atomic mass is 10.2. The molecule has 0 bridgehead atoms. The summed E-state index contributed by atoms with van der Waals surface area (Å²) in [6.45, 7) is 6.23. The van der Waals surface area contributed by atoms with Gasteiger partial charge in [-0.2, -0.15) is 4.31 Å². The molecule has 0 saturated heterocycles. The van der Waals surface area contributed by atoms with Gasteiger partial charge in [-0.25, -0.2) is 13.4 Å². The number of amides is 1. The van der Waals surface area contributed by atoms with E-state index >= 15 is 0 Å². The van der Waals surface area contributed by atoms with Crippen LogP contribution in [0.15, 0.2) is 29.2 Å². The van der Waals surface area contributed by atoms with E-state index in [1.54, 1.807) is 13.8 Å². The first-order valence-corrected chi connectivity index (χ1v) is 11.2. The van der Waals surface area contributed by atoms with Crippen molar-refractivity contribution in [2.75, 3.05) is 32.0 Å². The Bertz CT molecular complexity index is 919. The average molecular weight is 409 g/mol. The van der Waals surface area contributed by atoms with Crippen LogP contribution in [0.3, 0.4) is 0 Å². The van der Waals surface area contributed by atoms with Crippen molar-refractivity contribution in [3.05, 3.63) is 40.4 Å². The first kappa shape index (κ1) is 19.9. The second kappa shape index (κ2) is 8.05. The van der Waals surface area contributed by atoms with Crippen LogP contribution in [-0.4, -0.2) is 55.2 Å². The zero-order valence-corrected chi connectivity index (χ0v) is 17.4. The molecule has 3 rings (SSSR count). The fourth-order valence-electron chi connectivity index (χ4n) is 3.04. The molecule has 1 N–H and O–H groups in total. The average Bonchev–Trinajstić information content (AvgIpc) is 3.03. The maximum Gasteiger partial charge on any atom is 0.257 e. The lowest BCUT2D eigenvalue weighted by Crippen LogP contribution is -2.30. The highest BCUT2D eigenvalue weighted by molar-refractivity contribution is 7.89. The van der Waals surface area contributed by atoms with E-state index in [1.165, 1.54) is 44.8 Å². The molecular weight excluding hydrogens is 384 g/mol. The maximum atomic E-state index is 12.5. The Morgan fingerprint density at radius 2 is 1.93 bits per heavy atom.